The number of benzene rings is 1. The van der Waals surface area contributed by atoms with E-state index in [1.807, 2.05) is 38.1 Å². The lowest BCUT2D eigenvalue weighted by Crippen LogP contribution is -2.55. The van der Waals surface area contributed by atoms with Gasteiger partial charge in [-0.1, -0.05) is 18.2 Å². The fourth-order valence-electron chi connectivity index (χ4n) is 4.66. The number of aryl methyl sites for hydroxylation is 1. The van der Waals surface area contributed by atoms with Gasteiger partial charge in [0.25, 0.3) is 5.56 Å². The number of methoxy groups -OCH3 is 1. The van der Waals surface area contributed by atoms with Crippen LogP contribution in [0.25, 0.3) is 21.0 Å². The molecule has 11 heteroatoms. The Kier molecular flexibility index (Phi) is 8.12. The van der Waals surface area contributed by atoms with Gasteiger partial charge in [-0.25, -0.2) is 14.3 Å². The normalized spacial score (nSPS) is 12.7. The highest BCUT2D eigenvalue weighted by molar-refractivity contribution is 7.22. The maximum Gasteiger partial charge on any atom is 0.333 e. The Morgan fingerprint density at radius 2 is 1.95 bits per heavy atom. The minimum atomic E-state index is -1.46. The monoisotopic (exact) mass is 554 g/mol. The molecule has 0 aliphatic heterocycles. The lowest BCUT2D eigenvalue weighted by atomic mass is 10.0. The number of nitrogens with one attached hydrogen (secondary N) is 1. The molecule has 0 aliphatic rings. The van der Waals surface area contributed by atoms with E-state index in [2.05, 4.69) is 10.3 Å². The number of aromatic nitrogens is 3. The van der Waals surface area contributed by atoms with Crippen LogP contribution in [-0.2, 0) is 21.6 Å². The van der Waals surface area contributed by atoms with E-state index in [0.29, 0.717) is 38.8 Å². The van der Waals surface area contributed by atoms with Gasteiger partial charge in [-0.3, -0.25) is 14.2 Å². The summed E-state index contributed by atoms with van der Waals surface area (Å²) in [4.78, 5) is 46.6. The number of likely N-dealkylation sites (N-methyl/N-ethyl adjacent to an activating group) is 1. The van der Waals surface area contributed by atoms with E-state index in [-0.39, 0.29) is 12.6 Å². The number of thiophene rings is 1. The van der Waals surface area contributed by atoms with Gasteiger partial charge in [0.05, 0.1) is 36.2 Å². The summed E-state index contributed by atoms with van der Waals surface area (Å²) in [5.74, 6) is 0.531. The Labute approximate surface area is 230 Å². The highest BCUT2D eigenvalue weighted by Gasteiger charge is 2.36. The summed E-state index contributed by atoms with van der Waals surface area (Å²) < 4.78 is 20.0. The SMILES string of the molecule is CCNC(=O)C(C)(C)n1c(=O)c2c(C)c(-c3ncco3)sc2n(C[C@@H](OC(C)C)c2ccccc2OC)c1=O. The van der Waals surface area contributed by atoms with E-state index in [4.69, 9.17) is 13.9 Å². The van der Waals surface area contributed by atoms with Gasteiger partial charge in [0.2, 0.25) is 11.8 Å². The molecule has 0 saturated carbocycles. The number of fused-ring (bicyclic) bond motifs is 1. The van der Waals surface area contributed by atoms with Crippen molar-refractivity contribution in [2.75, 3.05) is 13.7 Å². The van der Waals surface area contributed by atoms with Crippen molar-refractivity contribution >= 4 is 27.5 Å². The van der Waals surface area contributed by atoms with E-state index in [0.717, 1.165) is 10.1 Å². The second-order valence-electron chi connectivity index (χ2n) is 9.94. The molecule has 39 heavy (non-hydrogen) atoms. The van der Waals surface area contributed by atoms with Crippen molar-refractivity contribution in [2.45, 2.75) is 65.8 Å². The average molecular weight is 555 g/mol. The van der Waals surface area contributed by atoms with Crippen molar-refractivity contribution in [1.82, 2.24) is 19.4 Å². The number of carbonyl (C=O) groups excluding carboxylic acids is 1. The summed E-state index contributed by atoms with van der Waals surface area (Å²) in [6.07, 6.45) is 2.22. The molecule has 4 rings (SSSR count). The highest BCUT2D eigenvalue weighted by Crippen LogP contribution is 2.37. The molecule has 1 N–H and O–H groups in total. The topological polar surface area (TPSA) is 118 Å². The molecule has 1 atom stereocenters. The fraction of sp³-hybridized carbons (Fsp3) is 0.429. The Morgan fingerprint density at radius 3 is 2.56 bits per heavy atom. The van der Waals surface area contributed by atoms with E-state index < -0.39 is 28.8 Å². The van der Waals surface area contributed by atoms with Crippen molar-refractivity contribution in [1.29, 1.82) is 0 Å². The van der Waals surface area contributed by atoms with Crippen molar-refractivity contribution in [3.05, 3.63) is 68.7 Å². The van der Waals surface area contributed by atoms with Crippen LogP contribution in [0.5, 0.6) is 5.75 Å². The largest absolute Gasteiger partial charge is 0.496 e. The van der Waals surface area contributed by atoms with Crippen LogP contribution in [0.1, 0.15) is 51.8 Å². The zero-order valence-corrected chi connectivity index (χ0v) is 24.0. The minimum Gasteiger partial charge on any atom is -0.496 e. The zero-order chi connectivity index (χ0) is 28.5. The average Bonchev–Trinajstić information content (AvgIpc) is 3.53. The van der Waals surface area contributed by atoms with Crippen LogP contribution in [0.4, 0.5) is 0 Å². The third-order valence-corrected chi connectivity index (χ3v) is 7.86. The first kappa shape index (κ1) is 28.3. The number of ether oxygens (including phenoxy) is 2. The first-order valence-corrected chi connectivity index (χ1v) is 13.6. The van der Waals surface area contributed by atoms with Gasteiger partial charge < -0.3 is 19.2 Å². The standard InChI is InChI=1S/C28H34N4O6S/c1-8-29-26(34)28(5,6)32-24(33)21-17(4)22(23-30-13-14-37-23)39-25(21)31(27(32)35)15-20(38-16(2)3)18-11-9-10-12-19(18)36-7/h9-14,16,20H,8,15H2,1-7H3,(H,29,34)/t20-/m1/s1. The molecular weight excluding hydrogens is 520 g/mol. The molecule has 0 spiro atoms. The highest BCUT2D eigenvalue weighted by atomic mass is 32.1. The van der Waals surface area contributed by atoms with Crippen LogP contribution >= 0.6 is 11.3 Å². The number of oxazole rings is 1. The molecule has 0 saturated heterocycles. The van der Waals surface area contributed by atoms with Crippen LogP contribution in [0, 0.1) is 6.92 Å². The first-order valence-electron chi connectivity index (χ1n) is 12.8. The van der Waals surface area contributed by atoms with Gasteiger partial charge in [-0.2, -0.15) is 0 Å². The molecule has 0 aliphatic carbocycles. The molecule has 1 aromatic carbocycles. The predicted molar refractivity (Wildman–Crippen MR) is 151 cm³/mol. The molecule has 4 aromatic rings. The number of carbonyl (C=O) groups is 1. The van der Waals surface area contributed by atoms with E-state index in [1.54, 1.807) is 34.8 Å². The molecule has 3 heterocycles. The third kappa shape index (κ3) is 5.16. The van der Waals surface area contributed by atoms with E-state index >= 15 is 0 Å². The Balaban J connectivity index is 2.05. The van der Waals surface area contributed by atoms with Crippen LogP contribution in [-0.4, -0.2) is 39.8 Å². The molecule has 3 aromatic heterocycles. The Bertz CT molecular complexity index is 1600. The molecule has 0 fully saturated rings. The lowest BCUT2D eigenvalue weighted by molar-refractivity contribution is -0.128. The molecule has 1 amide bonds. The molecular formula is C28H34N4O6S. The third-order valence-electron chi connectivity index (χ3n) is 6.56. The Hall–Kier alpha value is -3.70. The number of hydrogen-bond donors (Lipinski definition) is 1. The summed E-state index contributed by atoms with van der Waals surface area (Å²) in [7, 11) is 1.58. The predicted octanol–water partition coefficient (Wildman–Crippen LogP) is 4.23. The second-order valence-corrected chi connectivity index (χ2v) is 10.9. The first-order chi connectivity index (χ1) is 18.5. The van der Waals surface area contributed by atoms with Crippen LogP contribution < -0.4 is 21.3 Å². The summed E-state index contributed by atoms with van der Waals surface area (Å²) in [6.45, 7) is 11.0. The number of hydrogen-bond acceptors (Lipinski definition) is 8. The number of nitrogens with zero attached hydrogens (tertiary/aromatic N) is 3. The molecule has 0 unspecified atom stereocenters. The maximum atomic E-state index is 14.2. The quantitative estimate of drug-likeness (QED) is 0.312. The van der Waals surface area contributed by atoms with Gasteiger partial charge in [-0.15, -0.1) is 11.3 Å². The minimum absolute atomic E-state index is 0.0740. The fourth-order valence-corrected chi connectivity index (χ4v) is 5.90. The van der Waals surface area contributed by atoms with Gasteiger partial charge in [0, 0.05) is 12.1 Å². The summed E-state index contributed by atoms with van der Waals surface area (Å²) in [5.41, 5.74) is -1.24. The smallest absolute Gasteiger partial charge is 0.333 e. The molecule has 208 valence electrons. The second kappa shape index (κ2) is 11.2. The van der Waals surface area contributed by atoms with Crippen molar-refractivity contribution in [2.24, 2.45) is 0 Å². The molecule has 0 bridgehead atoms. The van der Waals surface area contributed by atoms with Crippen LogP contribution in [0.3, 0.4) is 0 Å². The lowest BCUT2D eigenvalue weighted by Gasteiger charge is -2.28. The summed E-state index contributed by atoms with van der Waals surface area (Å²) in [5, 5.41) is 3.07. The van der Waals surface area contributed by atoms with Crippen molar-refractivity contribution < 1.29 is 18.7 Å². The van der Waals surface area contributed by atoms with Gasteiger partial charge in [-0.05, 0) is 53.2 Å². The van der Waals surface area contributed by atoms with E-state index in [9.17, 15) is 14.4 Å². The van der Waals surface area contributed by atoms with Gasteiger partial charge in [0.1, 0.15) is 28.5 Å². The van der Waals surface area contributed by atoms with Crippen molar-refractivity contribution in [3.8, 4) is 16.5 Å². The molecule has 10 nitrogen and oxygen atoms in total. The molecule has 0 radical (unpaired) electrons. The number of amides is 1. The van der Waals surface area contributed by atoms with Gasteiger partial charge in [0.15, 0.2) is 0 Å². The van der Waals surface area contributed by atoms with Gasteiger partial charge >= 0.3 is 5.69 Å². The number of rotatable bonds is 10. The maximum absolute atomic E-state index is 14.2. The Morgan fingerprint density at radius 1 is 1.23 bits per heavy atom. The van der Waals surface area contributed by atoms with Crippen LogP contribution in [0.15, 0.2) is 50.7 Å². The number of para-hydroxylation sites is 1. The van der Waals surface area contributed by atoms with E-state index in [1.165, 1.54) is 28.4 Å². The van der Waals surface area contributed by atoms with Crippen molar-refractivity contribution in [3.63, 3.8) is 0 Å². The summed E-state index contributed by atoms with van der Waals surface area (Å²) >= 11 is 1.25. The summed E-state index contributed by atoms with van der Waals surface area (Å²) in [6, 6.07) is 7.46. The zero-order valence-electron chi connectivity index (χ0n) is 23.2. The van der Waals surface area contributed by atoms with Crippen LogP contribution in [0.2, 0.25) is 0 Å².